The molecule has 2 aromatic carbocycles. The normalized spacial score (nSPS) is 11.7. The zero-order chi connectivity index (χ0) is 21.0. The highest BCUT2D eigenvalue weighted by Crippen LogP contribution is 2.34. The summed E-state index contributed by atoms with van der Waals surface area (Å²) in [5.74, 6) is 2.15. The maximum atomic E-state index is 12.9. The molecule has 0 spiro atoms. The van der Waals surface area contributed by atoms with Crippen LogP contribution in [0.5, 0.6) is 17.2 Å². The predicted octanol–water partition coefficient (Wildman–Crippen LogP) is 4.68. The van der Waals surface area contributed by atoms with Gasteiger partial charge in [-0.05, 0) is 37.6 Å². The lowest BCUT2D eigenvalue weighted by atomic mass is 10.0. The minimum Gasteiger partial charge on any atom is -0.493 e. The van der Waals surface area contributed by atoms with Gasteiger partial charge in [-0.3, -0.25) is 4.79 Å². The van der Waals surface area contributed by atoms with E-state index in [1.807, 2.05) is 31.2 Å². The average molecular weight is 395 g/mol. The van der Waals surface area contributed by atoms with E-state index >= 15 is 0 Å². The smallest absolute Gasteiger partial charge is 0.252 e. The van der Waals surface area contributed by atoms with Crippen LogP contribution in [0, 0.1) is 0 Å². The Labute approximate surface area is 170 Å². The molecular formula is C23H25NO5. The predicted molar refractivity (Wildman–Crippen MR) is 112 cm³/mol. The molecule has 6 heteroatoms. The number of nitrogens with one attached hydrogen (secondary N) is 1. The summed E-state index contributed by atoms with van der Waals surface area (Å²) in [6, 6.07) is 10.7. The van der Waals surface area contributed by atoms with Crippen LogP contribution in [0.2, 0.25) is 0 Å². The Morgan fingerprint density at radius 2 is 1.90 bits per heavy atom. The Hall–Kier alpha value is -3.41. The fourth-order valence-corrected chi connectivity index (χ4v) is 3.26. The third kappa shape index (κ3) is 4.06. The zero-order valence-electron chi connectivity index (χ0n) is 17.1. The molecule has 3 rings (SSSR count). The molecule has 1 N–H and O–H groups in total. The van der Waals surface area contributed by atoms with Crippen molar-refractivity contribution < 1.29 is 23.4 Å². The van der Waals surface area contributed by atoms with Gasteiger partial charge in [-0.15, -0.1) is 6.58 Å². The number of fused-ring (bicyclic) bond motifs is 1. The van der Waals surface area contributed by atoms with Crippen molar-refractivity contribution in [1.82, 2.24) is 5.32 Å². The van der Waals surface area contributed by atoms with E-state index in [4.69, 9.17) is 18.6 Å². The maximum absolute atomic E-state index is 12.9. The molecule has 0 bridgehead atoms. The number of hydrogen-bond acceptors (Lipinski definition) is 5. The molecule has 1 aromatic heterocycles. The Morgan fingerprint density at radius 1 is 1.14 bits per heavy atom. The summed E-state index contributed by atoms with van der Waals surface area (Å²) >= 11 is 0. The number of para-hydroxylation sites is 1. The van der Waals surface area contributed by atoms with Gasteiger partial charge in [-0.25, -0.2) is 0 Å². The average Bonchev–Trinajstić information content (AvgIpc) is 3.17. The number of methoxy groups -OCH3 is 3. The van der Waals surface area contributed by atoms with Gasteiger partial charge in [0, 0.05) is 16.5 Å². The summed E-state index contributed by atoms with van der Waals surface area (Å²) in [5.41, 5.74) is 1.96. The van der Waals surface area contributed by atoms with Gasteiger partial charge in [-0.2, -0.15) is 0 Å². The van der Waals surface area contributed by atoms with Crippen LogP contribution in [0.4, 0.5) is 0 Å². The Bertz CT molecular complexity index is 1040. The highest BCUT2D eigenvalue weighted by molar-refractivity contribution is 5.95. The van der Waals surface area contributed by atoms with Gasteiger partial charge in [0.2, 0.25) is 0 Å². The number of amides is 1. The number of furan rings is 1. The lowest BCUT2D eigenvalue weighted by Crippen LogP contribution is -2.26. The highest BCUT2D eigenvalue weighted by Gasteiger charge is 2.20. The molecule has 1 amide bonds. The van der Waals surface area contributed by atoms with Crippen molar-refractivity contribution >= 4 is 16.9 Å². The van der Waals surface area contributed by atoms with E-state index in [0.29, 0.717) is 40.6 Å². The number of carbonyl (C=O) groups is 1. The van der Waals surface area contributed by atoms with Crippen LogP contribution < -0.4 is 19.5 Å². The van der Waals surface area contributed by atoms with E-state index in [2.05, 4.69) is 11.9 Å². The molecule has 0 aliphatic rings. The second-order valence-corrected chi connectivity index (χ2v) is 6.59. The van der Waals surface area contributed by atoms with Crippen molar-refractivity contribution in [3.8, 4) is 17.2 Å². The molecule has 1 unspecified atom stereocenters. The lowest BCUT2D eigenvalue weighted by molar-refractivity contribution is 0.0935. The molecule has 1 heterocycles. The lowest BCUT2D eigenvalue weighted by Gasteiger charge is -2.16. The molecule has 152 valence electrons. The van der Waals surface area contributed by atoms with Gasteiger partial charge in [0.25, 0.3) is 5.91 Å². The van der Waals surface area contributed by atoms with Crippen LogP contribution in [-0.4, -0.2) is 27.2 Å². The van der Waals surface area contributed by atoms with Crippen LogP contribution in [0.25, 0.3) is 11.0 Å². The molecule has 0 saturated carbocycles. The Morgan fingerprint density at radius 3 is 2.55 bits per heavy atom. The first-order valence-electron chi connectivity index (χ1n) is 9.25. The van der Waals surface area contributed by atoms with Crippen LogP contribution in [0.3, 0.4) is 0 Å². The number of rotatable bonds is 8. The summed E-state index contributed by atoms with van der Waals surface area (Å²) in [6.45, 7) is 5.63. The molecule has 29 heavy (non-hydrogen) atoms. The second-order valence-electron chi connectivity index (χ2n) is 6.59. The summed E-state index contributed by atoms with van der Waals surface area (Å²) in [7, 11) is 4.71. The largest absolute Gasteiger partial charge is 0.493 e. The molecule has 3 aromatic rings. The second kappa shape index (κ2) is 8.73. The van der Waals surface area contributed by atoms with Crippen LogP contribution in [0.15, 0.2) is 53.5 Å². The summed E-state index contributed by atoms with van der Waals surface area (Å²) in [5, 5.41) is 3.89. The third-order valence-corrected chi connectivity index (χ3v) is 4.70. The highest BCUT2D eigenvalue weighted by atomic mass is 16.5. The van der Waals surface area contributed by atoms with Crippen LogP contribution in [0.1, 0.15) is 34.6 Å². The SMILES string of the molecule is C=CCc1cc(C(=O)NC(C)c2cc3cccc(OC)c3o2)cc(OC)c1OC. The van der Waals surface area contributed by atoms with E-state index in [9.17, 15) is 4.79 Å². The molecule has 0 aliphatic heterocycles. The summed E-state index contributed by atoms with van der Waals surface area (Å²) < 4.78 is 22.1. The van der Waals surface area contributed by atoms with Crippen molar-refractivity contribution in [3.05, 3.63) is 65.9 Å². The molecular weight excluding hydrogens is 370 g/mol. The number of hydrogen-bond donors (Lipinski definition) is 1. The van der Waals surface area contributed by atoms with Gasteiger partial charge in [-0.1, -0.05) is 18.2 Å². The first kappa shape index (κ1) is 20.3. The van der Waals surface area contributed by atoms with Gasteiger partial charge >= 0.3 is 0 Å². The minimum absolute atomic E-state index is 0.240. The number of allylic oxidation sites excluding steroid dienone is 1. The Kier molecular flexibility index (Phi) is 6.12. The molecule has 0 aliphatic carbocycles. The minimum atomic E-state index is -0.337. The summed E-state index contributed by atoms with van der Waals surface area (Å²) in [4.78, 5) is 12.9. The van der Waals surface area contributed by atoms with Crippen molar-refractivity contribution in [2.75, 3.05) is 21.3 Å². The summed E-state index contributed by atoms with van der Waals surface area (Å²) in [6.07, 6.45) is 2.31. The topological polar surface area (TPSA) is 69.9 Å². The van der Waals surface area contributed by atoms with Gasteiger partial charge in [0.1, 0.15) is 5.76 Å². The molecule has 6 nitrogen and oxygen atoms in total. The Balaban J connectivity index is 1.88. The van der Waals surface area contributed by atoms with E-state index in [0.717, 1.165) is 10.9 Å². The van der Waals surface area contributed by atoms with E-state index < -0.39 is 0 Å². The van der Waals surface area contributed by atoms with Gasteiger partial charge in [0.15, 0.2) is 22.8 Å². The van der Waals surface area contributed by atoms with Crippen LogP contribution in [-0.2, 0) is 6.42 Å². The first-order valence-corrected chi connectivity index (χ1v) is 9.25. The molecule has 0 fully saturated rings. The van der Waals surface area contributed by atoms with Gasteiger partial charge in [0.05, 0.1) is 27.4 Å². The van der Waals surface area contributed by atoms with E-state index in [1.165, 1.54) is 0 Å². The standard InChI is InChI=1S/C23H25NO5/c1-6-8-15-11-17(13-20(27-4)21(15)28-5)23(25)24-14(2)19-12-16-9-7-10-18(26-3)22(16)29-19/h6-7,9-14H,1,8H2,2-5H3,(H,24,25). The third-order valence-electron chi connectivity index (χ3n) is 4.70. The van der Waals surface area contributed by atoms with Crippen molar-refractivity contribution in [2.45, 2.75) is 19.4 Å². The van der Waals surface area contributed by atoms with Crippen molar-refractivity contribution in [1.29, 1.82) is 0 Å². The molecule has 1 atom stereocenters. The number of benzene rings is 2. The first-order chi connectivity index (χ1) is 14.0. The number of ether oxygens (including phenoxy) is 3. The van der Waals surface area contributed by atoms with E-state index in [-0.39, 0.29) is 11.9 Å². The zero-order valence-corrected chi connectivity index (χ0v) is 17.1. The molecule has 0 radical (unpaired) electrons. The maximum Gasteiger partial charge on any atom is 0.252 e. The van der Waals surface area contributed by atoms with Crippen LogP contribution >= 0.6 is 0 Å². The quantitative estimate of drug-likeness (QED) is 0.561. The van der Waals surface area contributed by atoms with E-state index in [1.54, 1.807) is 39.5 Å². The monoisotopic (exact) mass is 395 g/mol. The molecule has 0 saturated heterocycles. The van der Waals surface area contributed by atoms with Crippen molar-refractivity contribution in [2.24, 2.45) is 0 Å². The number of carbonyl (C=O) groups excluding carboxylic acids is 1. The fraction of sp³-hybridized carbons (Fsp3) is 0.261. The van der Waals surface area contributed by atoms with Crippen molar-refractivity contribution in [3.63, 3.8) is 0 Å². The fourth-order valence-electron chi connectivity index (χ4n) is 3.26. The van der Waals surface area contributed by atoms with Gasteiger partial charge < -0.3 is 23.9 Å².